The van der Waals surface area contributed by atoms with Gasteiger partial charge < -0.3 is 5.32 Å². The van der Waals surface area contributed by atoms with Gasteiger partial charge in [-0.05, 0) is 37.5 Å². The Hall–Kier alpha value is -0.0800. The molecule has 2 atom stereocenters. The van der Waals surface area contributed by atoms with Gasteiger partial charge in [-0.25, -0.2) is 0 Å². The molecule has 0 radical (unpaired) electrons. The molecular formula is C18H38N2. The van der Waals surface area contributed by atoms with Crippen LogP contribution in [-0.2, 0) is 0 Å². The lowest BCUT2D eigenvalue weighted by molar-refractivity contribution is 0.160. The van der Waals surface area contributed by atoms with Crippen LogP contribution in [0.5, 0.6) is 0 Å². The number of rotatable bonds is 9. The quantitative estimate of drug-likeness (QED) is 0.678. The number of nitrogens with zero attached hydrogens (tertiary/aromatic N) is 1. The maximum atomic E-state index is 3.84. The van der Waals surface area contributed by atoms with Crippen molar-refractivity contribution in [2.75, 3.05) is 19.6 Å². The summed E-state index contributed by atoms with van der Waals surface area (Å²) in [6, 6.07) is 1.54. The molecule has 1 rings (SSSR count). The molecule has 20 heavy (non-hydrogen) atoms. The summed E-state index contributed by atoms with van der Waals surface area (Å²) in [6.07, 6.45) is 8.22. The van der Waals surface area contributed by atoms with Crippen molar-refractivity contribution in [3.05, 3.63) is 0 Å². The van der Waals surface area contributed by atoms with E-state index in [0.29, 0.717) is 0 Å². The predicted octanol–water partition coefficient (Wildman–Crippen LogP) is 4.30. The summed E-state index contributed by atoms with van der Waals surface area (Å²) >= 11 is 0. The number of hydrogen-bond donors (Lipinski definition) is 1. The van der Waals surface area contributed by atoms with E-state index in [9.17, 15) is 0 Å². The molecule has 1 saturated carbocycles. The van der Waals surface area contributed by atoms with E-state index in [2.05, 4.69) is 44.8 Å². The van der Waals surface area contributed by atoms with Crippen LogP contribution in [0.15, 0.2) is 0 Å². The Balaban J connectivity index is 2.36. The van der Waals surface area contributed by atoms with Gasteiger partial charge in [0.25, 0.3) is 0 Å². The molecule has 0 aromatic carbocycles. The first-order valence-corrected chi connectivity index (χ1v) is 9.05. The monoisotopic (exact) mass is 282 g/mol. The summed E-state index contributed by atoms with van der Waals surface area (Å²) in [5, 5.41) is 3.84. The second-order valence-corrected chi connectivity index (χ2v) is 7.18. The van der Waals surface area contributed by atoms with Gasteiger partial charge in [0, 0.05) is 31.7 Å². The van der Waals surface area contributed by atoms with E-state index in [-0.39, 0.29) is 0 Å². The highest BCUT2D eigenvalue weighted by atomic mass is 15.2. The van der Waals surface area contributed by atoms with Crippen molar-refractivity contribution >= 4 is 0 Å². The summed E-state index contributed by atoms with van der Waals surface area (Å²) in [6.45, 7) is 15.4. The van der Waals surface area contributed by atoms with E-state index in [0.717, 1.165) is 30.5 Å². The van der Waals surface area contributed by atoms with E-state index < -0.39 is 0 Å². The normalized spacial score (nSPS) is 24.0. The maximum Gasteiger partial charge on any atom is 0.0110 e. The SMILES string of the molecule is CCC(CC)N(CCNC1CCCCC1C)CC(C)C. The lowest BCUT2D eigenvalue weighted by Crippen LogP contribution is -2.45. The fraction of sp³-hybridized carbons (Fsp3) is 1.00. The molecule has 1 fully saturated rings. The Bertz CT molecular complexity index is 236. The van der Waals surface area contributed by atoms with E-state index >= 15 is 0 Å². The smallest absolute Gasteiger partial charge is 0.0110 e. The third-order valence-corrected chi connectivity index (χ3v) is 4.98. The predicted molar refractivity (Wildman–Crippen MR) is 90.2 cm³/mol. The fourth-order valence-corrected chi connectivity index (χ4v) is 3.71. The lowest BCUT2D eigenvalue weighted by Gasteiger charge is -2.34. The Kier molecular flexibility index (Phi) is 8.79. The van der Waals surface area contributed by atoms with Crippen molar-refractivity contribution in [1.29, 1.82) is 0 Å². The second kappa shape index (κ2) is 9.78. The summed E-state index contributed by atoms with van der Waals surface area (Å²) in [5.74, 6) is 1.64. The molecule has 0 bridgehead atoms. The van der Waals surface area contributed by atoms with Crippen LogP contribution >= 0.6 is 0 Å². The molecule has 0 aliphatic heterocycles. The zero-order chi connectivity index (χ0) is 15.0. The molecule has 0 saturated heterocycles. The van der Waals surface area contributed by atoms with Gasteiger partial charge in [-0.3, -0.25) is 4.90 Å². The highest BCUT2D eigenvalue weighted by Gasteiger charge is 2.21. The molecule has 0 spiro atoms. The van der Waals surface area contributed by atoms with Crippen LogP contribution in [0.4, 0.5) is 0 Å². The van der Waals surface area contributed by atoms with Crippen molar-refractivity contribution in [3.63, 3.8) is 0 Å². The van der Waals surface area contributed by atoms with E-state index in [1.54, 1.807) is 0 Å². The van der Waals surface area contributed by atoms with Crippen LogP contribution in [0.2, 0.25) is 0 Å². The van der Waals surface area contributed by atoms with Crippen LogP contribution in [0.3, 0.4) is 0 Å². The third kappa shape index (κ3) is 6.13. The first-order valence-electron chi connectivity index (χ1n) is 9.05. The van der Waals surface area contributed by atoms with E-state index in [4.69, 9.17) is 0 Å². The molecular weight excluding hydrogens is 244 g/mol. The Labute approximate surface area is 127 Å². The molecule has 1 aliphatic carbocycles. The molecule has 0 amide bonds. The molecule has 120 valence electrons. The highest BCUT2D eigenvalue weighted by molar-refractivity contribution is 4.79. The van der Waals surface area contributed by atoms with Crippen molar-refractivity contribution in [3.8, 4) is 0 Å². The summed E-state index contributed by atoms with van der Waals surface area (Å²) in [4.78, 5) is 2.71. The third-order valence-electron chi connectivity index (χ3n) is 4.98. The van der Waals surface area contributed by atoms with Crippen LogP contribution in [0.1, 0.15) is 73.1 Å². The van der Waals surface area contributed by atoms with Gasteiger partial charge >= 0.3 is 0 Å². The maximum absolute atomic E-state index is 3.84. The lowest BCUT2D eigenvalue weighted by atomic mass is 9.86. The molecule has 2 unspecified atom stereocenters. The summed E-state index contributed by atoms with van der Waals surface area (Å²) < 4.78 is 0. The molecule has 1 N–H and O–H groups in total. The molecule has 1 aliphatic rings. The first kappa shape index (κ1) is 18.0. The zero-order valence-corrected chi connectivity index (χ0v) is 14.6. The fourth-order valence-electron chi connectivity index (χ4n) is 3.71. The minimum absolute atomic E-state index is 0.767. The van der Waals surface area contributed by atoms with Crippen LogP contribution in [0, 0.1) is 11.8 Å². The number of hydrogen-bond acceptors (Lipinski definition) is 2. The van der Waals surface area contributed by atoms with Crippen molar-refractivity contribution in [2.45, 2.75) is 85.2 Å². The van der Waals surface area contributed by atoms with E-state index in [1.807, 2.05) is 0 Å². The molecule has 0 heterocycles. The van der Waals surface area contributed by atoms with Crippen LogP contribution < -0.4 is 5.32 Å². The number of nitrogens with one attached hydrogen (secondary N) is 1. The van der Waals surface area contributed by atoms with Crippen molar-refractivity contribution in [2.24, 2.45) is 11.8 Å². The Morgan fingerprint density at radius 2 is 1.75 bits per heavy atom. The zero-order valence-electron chi connectivity index (χ0n) is 14.6. The van der Waals surface area contributed by atoms with Gasteiger partial charge in [0.15, 0.2) is 0 Å². The Morgan fingerprint density at radius 3 is 2.30 bits per heavy atom. The Morgan fingerprint density at radius 1 is 1.10 bits per heavy atom. The first-order chi connectivity index (χ1) is 9.58. The molecule has 2 heteroatoms. The minimum atomic E-state index is 0.767. The van der Waals surface area contributed by atoms with Gasteiger partial charge in [0.1, 0.15) is 0 Å². The van der Waals surface area contributed by atoms with Gasteiger partial charge in [-0.1, -0.05) is 47.5 Å². The van der Waals surface area contributed by atoms with Gasteiger partial charge in [0.2, 0.25) is 0 Å². The van der Waals surface area contributed by atoms with Crippen molar-refractivity contribution < 1.29 is 0 Å². The topological polar surface area (TPSA) is 15.3 Å². The highest BCUT2D eigenvalue weighted by Crippen LogP contribution is 2.23. The summed E-state index contributed by atoms with van der Waals surface area (Å²) in [5.41, 5.74) is 0. The second-order valence-electron chi connectivity index (χ2n) is 7.18. The van der Waals surface area contributed by atoms with Crippen molar-refractivity contribution in [1.82, 2.24) is 10.2 Å². The molecule has 0 aromatic rings. The van der Waals surface area contributed by atoms with Gasteiger partial charge in [0.05, 0.1) is 0 Å². The standard InChI is InChI=1S/C18H38N2/c1-6-17(7-2)20(14-15(3)4)13-12-19-18-11-9-8-10-16(18)5/h15-19H,6-14H2,1-5H3. The van der Waals surface area contributed by atoms with Crippen LogP contribution in [-0.4, -0.2) is 36.6 Å². The van der Waals surface area contributed by atoms with Gasteiger partial charge in [-0.2, -0.15) is 0 Å². The van der Waals surface area contributed by atoms with Crippen LogP contribution in [0.25, 0.3) is 0 Å². The molecule has 2 nitrogen and oxygen atoms in total. The largest absolute Gasteiger partial charge is 0.312 e. The summed E-state index contributed by atoms with van der Waals surface area (Å²) in [7, 11) is 0. The van der Waals surface area contributed by atoms with Gasteiger partial charge in [-0.15, -0.1) is 0 Å². The average molecular weight is 283 g/mol. The minimum Gasteiger partial charge on any atom is -0.312 e. The average Bonchev–Trinajstić information content (AvgIpc) is 2.41. The molecule has 0 aromatic heterocycles. The van der Waals surface area contributed by atoms with E-state index in [1.165, 1.54) is 51.6 Å².